The lowest BCUT2D eigenvalue weighted by atomic mass is 10.0. The van der Waals surface area contributed by atoms with Crippen molar-refractivity contribution in [2.45, 2.75) is 51.9 Å². The lowest BCUT2D eigenvalue weighted by Gasteiger charge is -2.20. The monoisotopic (exact) mass is 371 g/mol. The minimum Gasteiger partial charge on any atom is -0.484 e. The molecule has 0 aliphatic rings. The molecule has 0 saturated heterocycles. The van der Waals surface area contributed by atoms with Gasteiger partial charge in [-0.1, -0.05) is 30.3 Å². The van der Waals surface area contributed by atoms with E-state index in [-0.39, 0.29) is 24.1 Å². The molecule has 0 aromatic heterocycles. The highest BCUT2D eigenvalue weighted by Gasteiger charge is 2.19. The second kappa shape index (κ2) is 9.53. The number of nitrogens with two attached hydrogens (primary N) is 1. The predicted octanol–water partition coefficient (Wildman–Crippen LogP) is 2.17. The molecule has 4 N–H and O–H groups in total. The zero-order valence-corrected chi connectivity index (χ0v) is 16.6. The Bertz CT molecular complexity index is 709. The van der Waals surface area contributed by atoms with Crippen molar-refractivity contribution in [2.75, 3.05) is 6.61 Å². The Morgan fingerprint density at radius 2 is 1.74 bits per heavy atom. The Hall–Kier alpha value is -2.37. The third-order valence-electron chi connectivity index (χ3n) is 4.17. The van der Waals surface area contributed by atoms with Crippen LogP contribution in [0.1, 0.15) is 44.9 Å². The summed E-state index contributed by atoms with van der Waals surface area (Å²) >= 11 is 0. The van der Waals surface area contributed by atoms with Gasteiger partial charge in [0.25, 0.3) is 5.91 Å². The minimum absolute atomic E-state index is 0.00302. The summed E-state index contributed by atoms with van der Waals surface area (Å²) in [5.74, 6) is 0.531. The fourth-order valence-corrected chi connectivity index (χ4v) is 2.73. The van der Waals surface area contributed by atoms with Crippen LogP contribution in [0.15, 0.2) is 54.6 Å². The molecule has 0 fully saturated rings. The van der Waals surface area contributed by atoms with Crippen molar-refractivity contribution in [1.82, 2.24) is 5.32 Å². The molecular formula is C22H31N2O3+. The smallest absolute Gasteiger partial charge is 0.258 e. The zero-order valence-electron chi connectivity index (χ0n) is 16.6. The third kappa shape index (κ3) is 7.41. The van der Waals surface area contributed by atoms with Crippen molar-refractivity contribution in [3.8, 4) is 5.75 Å². The maximum Gasteiger partial charge on any atom is 0.258 e. The number of carbonyl (C=O) groups is 1. The Kier molecular flexibility index (Phi) is 7.39. The predicted molar refractivity (Wildman–Crippen MR) is 106 cm³/mol. The number of hydrogen-bond donors (Lipinski definition) is 3. The summed E-state index contributed by atoms with van der Waals surface area (Å²) in [7, 11) is 0. The van der Waals surface area contributed by atoms with Gasteiger partial charge in [0, 0.05) is 11.1 Å². The fraction of sp³-hybridized carbons (Fsp3) is 0.409. The number of hydrogen-bond acceptors (Lipinski definition) is 3. The van der Waals surface area contributed by atoms with Crippen molar-refractivity contribution in [2.24, 2.45) is 0 Å². The van der Waals surface area contributed by atoms with Gasteiger partial charge in [0.2, 0.25) is 0 Å². The molecule has 5 nitrogen and oxygen atoms in total. The Balaban J connectivity index is 1.79. The molecule has 0 unspecified atom stereocenters. The molecule has 0 radical (unpaired) electrons. The highest BCUT2D eigenvalue weighted by atomic mass is 16.5. The number of carbonyl (C=O) groups excluding carboxylic acids is 1. The second-order valence-electron chi connectivity index (χ2n) is 7.89. The van der Waals surface area contributed by atoms with Gasteiger partial charge < -0.3 is 20.5 Å². The van der Waals surface area contributed by atoms with Crippen LogP contribution < -0.4 is 15.4 Å². The molecule has 1 amide bonds. The summed E-state index contributed by atoms with van der Waals surface area (Å²) in [5.41, 5.74) is 1.80. The van der Waals surface area contributed by atoms with Gasteiger partial charge in [0.1, 0.15) is 24.4 Å². The van der Waals surface area contributed by atoms with Gasteiger partial charge in [-0.3, -0.25) is 4.79 Å². The quantitative estimate of drug-likeness (QED) is 0.666. The standard InChI is InChI=1S/C22H30N2O3/c1-16(21(26)18-8-6-5-7-9-18)23-14-17-10-12-19(13-11-17)27-15-20(25)24-22(2,3)4/h5-13,16,21,23,26H,14-15H2,1-4H3,(H,24,25)/p+1/t16-,21-/m1/s1. The molecule has 5 heteroatoms. The summed E-state index contributed by atoms with van der Waals surface area (Å²) in [6.45, 7) is 8.59. The highest BCUT2D eigenvalue weighted by molar-refractivity contribution is 5.78. The van der Waals surface area contributed by atoms with Crippen LogP contribution in [0, 0.1) is 0 Å². The molecule has 0 heterocycles. The number of benzene rings is 2. The van der Waals surface area contributed by atoms with Crippen LogP contribution in [-0.2, 0) is 11.3 Å². The van der Waals surface area contributed by atoms with Gasteiger partial charge in [0.05, 0.1) is 0 Å². The molecule has 0 aliphatic heterocycles. The van der Waals surface area contributed by atoms with Crippen LogP contribution in [0.25, 0.3) is 0 Å². The minimum atomic E-state index is -0.505. The molecule has 0 saturated carbocycles. The number of nitrogens with one attached hydrogen (secondary N) is 1. The normalized spacial score (nSPS) is 13.7. The van der Waals surface area contributed by atoms with Crippen LogP contribution in [0.5, 0.6) is 5.75 Å². The van der Waals surface area contributed by atoms with Crippen molar-refractivity contribution in [3.05, 3.63) is 65.7 Å². The molecule has 146 valence electrons. The number of aliphatic hydroxyl groups excluding tert-OH is 1. The van der Waals surface area contributed by atoms with E-state index in [9.17, 15) is 9.90 Å². The summed E-state index contributed by atoms with van der Waals surface area (Å²) in [4.78, 5) is 11.8. The van der Waals surface area contributed by atoms with Crippen molar-refractivity contribution < 1.29 is 20.0 Å². The van der Waals surface area contributed by atoms with E-state index in [1.165, 1.54) is 0 Å². The maximum atomic E-state index is 11.8. The van der Waals surface area contributed by atoms with E-state index in [1.54, 1.807) is 0 Å². The SMILES string of the molecule is C[C@@H]([NH2+]Cc1ccc(OCC(=O)NC(C)(C)C)cc1)[C@@H](O)c1ccccc1. The number of rotatable bonds is 8. The first-order valence-electron chi connectivity index (χ1n) is 9.34. The molecule has 27 heavy (non-hydrogen) atoms. The summed E-state index contributed by atoms with van der Waals surface area (Å²) in [6.07, 6.45) is -0.505. The number of amides is 1. The summed E-state index contributed by atoms with van der Waals surface area (Å²) in [5, 5.41) is 15.4. The molecule has 2 atom stereocenters. The van der Waals surface area contributed by atoms with Gasteiger partial charge in [0.15, 0.2) is 6.61 Å². The van der Waals surface area contributed by atoms with Crippen molar-refractivity contribution in [1.29, 1.82) is 0 Å². The van der Waals surface area contributed by atoms with Crippen LogP contribution in [0.2, 0.25) is 0 Å². The van der Waals surface area contributed by atoms with Gasteiger partial charge in [-0.15, -0.1) is 0 Å². The lowest BCUT2D eigenvalue weighted by molar-refractivity contribution is -0.709. The molecule has 2 aromatic carbocycles. The van der Waals surface area contributed by atoms with Gasteiger partial charge in [-0.25, -0.2) is 0 Å². The van der Waals surface area contributed by atoms with Crippen LogP contribution in [0.4, 0.5) is 0 Å². The number of ether oxygens (including phenoxy) is 1. The van der Waals surface area contributed by atoms with Crippen LogP contribution in [-0.4, -0.2) is 29.2 Å². The average molecular weight is 372 g/mol. The topological polar surface area (TPSA) is 75.2 Å². The molecule has 2 rings (SSSR count). The lowest BCUT2D eigenvalue weighted by Crippen LogP contribution is -2.88. The van der Waals surface area contributed by atoms with E-state index >= 15 is 0 Å². The second-order valence-corrected chi connectivity index (χ2v) is 7.89. The third-order valence-corrected chi connectivity index (χ3v) is 4.17. The number of aliphatic hydroxyl groups is 1. The van der Waals surface area contributed by atoms with E-state index < -0.39 is 6.10 Å². The van der Waals surface area contributed by atoms with E-state index in [0.29, 0.717) is 5.75 Å². The van der Waals surface area contributed by atoms with Gasteiger partial charge in [-0.2, -0.15) is 0 Å². The first kappa shape index (κ1) is 20.9. The van der Waals surface area contributed by atoms with E-state index in [0.717, 1.165) is 17.7 Å². The summed E-state index contributed by atoms with van der Waals surface area (Å²) in [6, 6.07) is 17.4. The maximum absolute atomic E-state index is 11.8. The van der Waals surface area contributed by atoms with E-state index in [4.69, 9.17) is 4.74 Å². The van der Waals surface area contributed by atoms with E-state index in [2.05, 4.69) is 10.6 Å². The first-order valence-corrected chi connectivity index (χ1v) is 9.34. The molecular weight excluding hydrogens is 340 g/mol. The summed E-state index contributed by atoms with van der Waals surface area (Å²) < 4.78 is 5.53. The average Bonchev–Trinajstić information content (AvgIpc) is 2.64. The Labute approximate surface area is 161 Å². The van der Waals surface area contributed by atoms with Crippen LogP contribution >= 0.6 is 0 Å². The largest absolute Gasteiger partial charge is 0.484 e. The number of quaternary nitrogens is 1. The van der Waals surface area contributed by atoms with Gasteiger partial charge >= 0.3 is 0 Å². The van der Waals surface area contributed by atoms with Crippen molar-refractivity contribution >= 4 is 5.91 Å². The highest BCUT2D eigenvalue weighted by Crippen LogP contribution is 2.15. The molecule has 0 aliphatic carbocycles. The van der Waals surface area contributed by atoms with Crippen molar-refractivity contribution in [3.63, 3.8) is 0 Å². The first-order chi connectivity index (χ1) is 12.7. The fourth-order valence-electron chi connectivity index (χ4n) is 2.73. The van der Waals surface area contributed by atoms with Gasteiger partial charge in [-0.05, 0) is 57.5 Å². The molecule has 0 spiro atoms. The Morgan fingerprint density at radius 1 is 1.11 bits per heavy atom. The molecule has 2 aromatic rings. The van der Waals surface area contributed by atoms with Crippen LogP contribution in [0.3, 0.4) is 0 Å². The Morgan fingerprint density at radius 3 is 2.33 bits per heavy atom. The molecule has 0 bridgehead atoms. The van der Waals surface area contributed by atoms with E-state index in [1.807, 2.05) is 82.3 Å². The zero-order chi connectivity index (χ0) is 19.9.